The SMILES string of the molecule is C=Nc1ccccc1SCC(=O)NCc1ccc(-c2nn(C3CCCC3)c3ncnc(N)c23)cc1. The van der Waals surface area contributed by atoms with Crippen molar-refractivity contribution in [3.8, 4) is 11.3 Å². The van der Waals surface area contributed by atoms with E-state index in [2.05, 4.69) is 27.0 Å². The molecule has 0 unspecified atom stereocenters. The van der Waals surface area contributed by atoms with Gasteiger partial charge in [-0.2, -0.15) is 5.10 Å². The van der Waals surface area contributed by atoms with Crippen LogP contribution < -0.4 is 11.1 Å². The fourth-order valence-electron chi connectivity index (χ4n) is 4.49. The number of hydrogen-bond donors (Lipinski definition) is 2. The van der Waals surface area contributed by atoms with Crippen LogP contribution in [0.2, 0.25) is 0 Å². The number of benzene rings is 2. The molecule has 8 nitrogen and oxygen atoms in total. The number of rotatable bonds is 8. The van der Waals surface area contributed by atoms with Gasteiger partial charge >= 0.3 is 0 Å². The monoisotopic (exact) mass is 485 g/mol. The molecule has 3 N–H and O–H groups in total. The number of aliphatic imine (C=N–C) groups is 1. The number of para-hydroxylation sites is 1. The highest BCUT2D eigenvalue weighted by Crippen LogP contribution is 2.36. The topological polar surface area (TPSA) is 111 Å². The molecule has 9 heteroatoms. The second-order valence-corrected chi connectivity index (χ2v) is 9.59. The van der Waals surface area contributed by atoms with Crippen molar-refractivity contribution in [3.05, 3.63) is 60.4 Å². The van der Waals surface area contributed by atoms with Crippen LogP contribution in [0.3, 0.4) is 0 Å². The van der Waals surface area contributed by atoms with E-state index in [1.165, 1.54) is 30.9 Å². The zero-order valence-corrected chi connectivity index (χ0v) is 20.2. The first kappa shape index (κ1) is 23.0. The molecule has 1 amide bonds. The lowest BCUT2D eigenvalue weighted by atomic mass is 10.1. The maximum Gasteiger partial charge on any atom is 0.230 e. The standard InChI is InChI=1S/C26H27N7OS/c1-28-20-8-4-5-9-21(20)35-15-22(34)29-14-17-10-12-18(13-11-17)24-23-25(27)30-16-31-26(23)33(32-24)19-6-2-3-7-19/h4-5,8-13,16,19H,1-3,6-7,14-15H2,(H,29,34)(H2,27,30,31). The number of thioether (sulfide) groups is 1. The Morgan fingerprint density at radius 1 is 1.14 bits per heavy atom. The van der Waals surface area contributed by atoms with E-state index in [0.717, 1.165) is 51.3 Å². The Morgan fingerprint density at radius 2 is 1.91 bits per heavy atom. The number of anilines is 1. The molecule has 0 saturated heterocycles. The molecule has 4 aromatic rings. The Morgan fingerprint density at radius 3 is 2.69 bits per heavy atom. The minimum absolute atomic E-state index is 0.0378. The number of nitrogens with zero attached hydrogens (tertiary/aromatic N) is 5. The summed E-state index contributed by atoms with van der Waals surface area (Å²) in [6, 6.07) is 16.0. The first-order valence-corrected chi connectivity index (χ1v) is 12.7. The molecule has 2 heterocycles. The highest BCUT2D eigenvalue weighted by atomic mass is 32.2. The largest absolute Gasteiger partial charge is 0.383 e. The van der Waals surface area contributed by atoms with Crippen molar-refractivity contribution in [1.82, 2.24) is 25.1 Å². The lowest BCUT2D eigenvalue weighted by Crippen LogP contribution is -2.24. The number of carbonyl (C=O) groups is 1. The van der Waals surface area contributed by atoms with Gasteiger partial charge in [-0.05, 0) is 37.3 Å². The van der Waals surface area contributed by atoms with Crippen molar-refractivity contribution in [2.24, 2.45) is 4.99 Å². The first-order chi connectivity index (χ1) is 17.1. The molecule has 0 bridgehead atoms. The lowest BCUT2D eigenvalue weighted by molar-refractivity contribution is -0.118. The molecular weight excluding hydrogens is 458 g/mol. The third kappa shape index (κ3) is 4.90. The van der Waals surface area contributed by atoms with Crippen molar-refractivity contribution in [1.29, 1.82) is 0 Å². The van der Waals surface area contributed by atoms with Gasteiger partial charge in [0, 0.05) is 17.0 Å². The summed E-state index contributed by atoms with van der Waals surface area (Å²) < 4.78 is 2.03. The highest BCUT2D eigenvalue weighted by Gasteiger charge is 2.24. The fraction of sp³-hybridized carbons (Fsp3) is 0.269. The van der Waals surface area contributed by atoms with Gasteiger partial charge in [-0.15, -0.1) is 11.8 Å². The normalized spacial score (nSPS) is 13.8. The van der Waals surface area contributed by atoms with E-state index in [-0.39, 0.29) is 5.91 Å². The maximum atomic E-state index is 12.4. The van der Waals surface area contributed by atoms with Gasteiger partial charge < -0.3 is 11.1 Å². The number of fused-ring (bicyclic) bond motifs is 1. The molecule has 0 atom stereocenters. The van der Waals surface area contributed by atoms with Gasteiger partial charge in [-0.3, -0.25) is 9.79 Å². The van der Waals surface area contributed by atoms with E-state index in [4.69, 9.17) is 10.8 Å². The van der Waals surface area contributed by atoms with Crippen molar-refractivity contribution in [2.45, 2.75) is 43.2 Å². The first-order valence-electron chi connectivity index (χ1n) is 11.7. The summed E-state index contributed by atoms with van der Waals surface area (Å²) in [5.41, 5.74) is 10.6. The summed E-state index contributed by atoms with van der Waals surface area (Å²) in [5, 5.41) is 8.70. The Balaban J connectivity index is 1.27. The average Bonchev–Trinajstić information content (AvgIpc) is 3.55. The molecule has 35 heavy (non-hydrogen) atoms. The molecule has 1 aliphatic rings. The molecule has 0 aliphatic heterocycles. The summed E-state index contributed by atoms with van der Waals surface area (Å²) in [6.07, 6.45) is 6.13. The molecule has 178 valence electrons. The highest BCUT2D eigenvalue weighted by molar-refractivity contribution is 8.00. The van der Waals surface area contributed by atoms with Crippen molar-refractivity contribution in [3.63, 3.8) is 0 Å². The van der Waals surface area contributed by atoms with Gasteiger partial charge in [0.25, 0.3) is 0 Å². The van der Waals surface area contributed by atoms with Crippen LogP contribution in [0, 0.1) is 0 Å². The van der Waals surface area contributed by atoms with E-state index >= 15 is 0 Å². The number of aromatic nitrogens is 4. The zero-order valence-electron chi connectivity index (χ0n) is 19.4. The van der Waals surface area contributed by atoms with E-state index < -0.39 is 0 Å². The number of hydrogen-bond acceptors (Lipinski definition) is 7. The number of carbonyl (C=O) groups excluding carboxylic acids is 1. The third-order valence-electron chi connectivity index (χ3n) is 6.30. The molecule has 0 spiro atoms. The summed E-state index contributed by atoms with van der Waals surface area (Å²) in [7, 11) is 0. The quantitative estimate of drug-likeness (QED) is 0.270. The zero-order chi connectivity index (χ0) is 24.2. The van der Waals surface area contributed by atoms with Crippen LogP contribution in [0.1, 0.15) is 37.3 Å². The van der Waals surface area contributed by atoms with Crippen molar-refractivity contribution >= 4 is 46.9 Å². The summed E-state index contributed by atoms with van der Waals surface area (Å²) in [6.45, 7) is 4.03. The van der Waals surface area contributed by atoms with E-state index in [1.807, 2.05) is 53.2 Å². The Hall–Kier alpha value is -3.72. The van der Waals surface area contributed by atoms with Crippen LogP contribution in [0.25, 0.3) is 22.3 Å². The van der Waals surface area contributed by atoms with Crippen molar-refractivity contribution < 1.29 is 4.79 Å². The van der Waals surface area contributed by atoms with Gasteiger partial charge in [0.15, 0.2) is 5.65 Å². The number of amides is 1. The van der Waals surface area contributed by atoms with Crippen LogP contribution in [-0.2, 0) is 11.3 Å². The van der Waals surface area contributed by atoms with Crippen LogP contribution >= 0.6 is 11.8 Å². The predicted octanol–water partition coefficient (Wildman–Crippen LogP) is 4.93. The fourth-order valence-corrected chi connectivity index (χ4v) is 5.33. The molecule has 1 saturated carbocycles. The van der Waals surface area contributed by atoms with Crippen LogP contribution in [-0.4, -0.2) is 38.1 Å². The van der Waals surface area contributed by atoms with Gasteiger partial charge in [-0.25, -0.2) is 14.6 Å². The number of nitrogen functional groups attached to an aromatic ring is 1. The van der Waals surface area contributed by atoms with Gasteiger partial charge in [0.05, 0.1) is 22.9 Å². The molecule has 1 aliphatic carbocycles. The minimum atomic E-state index is -0.0378. The second kappa shape index (κ2) is 10.3. The number of nitrogens with two attached hydrogens (primary N) is 1. The van der Waals surface area contributed by atoms with Crippen molar-refractivity contribution in [2.75, 3.05) is 11.5 Å². The van der Waals surface area contributed by atoms with Crippen LogP contribution in [0.5, 0.6) is 0 Å². The maximum absolute atomic E-state index is 12.4. The average molecular weight is 486 g/mol. The summed E-state index contributed by atoms with van der Waals surface area (Å²) in [5.74, 6) is 0.717. The van der Waals surface area contributed by atoms with E-state index in [0.29, 0.717) is 24.2 Å². The molecular formula is C26H27N7OS. The van der Waals surface area contributed by atoms with E-state index in [9.17, 15) is 4.79 Å². The van der Waals surface area contributed by atoms with E-state index in [1.54, 1.807) is 0 Å². The Kier molecular flexibility index (Phi) is 6.76. The number of nitrogens with one attached hydrogen (secondary N) is 1. The second-order valence-electron chi connectivity index (χ2n) is 8.58. The van der Waals surface area contributed by atoms with Crippen LogP contribution in [0.4, 0.5) is 11.5 Å². The minimum Gasteiger partial charge on any atom is -0.383 e. The lowest BCUT2D eigenvalue weighted by Gasteiger charge is -2.10. The molecule has 1 fully saturated rings. The molecule has 0 radical (unpaired) electrons. The van der Waals surface area contributed by atoms with Gasteiger partial charge in [-0.1, -0.05) is 49.2 Å². The Labute approximate surface area is 208 Å². The molecule has 5 rings (SSSR count). The third-order valence-corrected chi connectivity index (χ3v) is 7.36. The summed E-state index contributed by atoms with van der Waals surface area (Å²) >= 11 is 1.45. The smallest absolute Gasteiger partial charge is 0.230 e. The Bertz CT molecular complexity index is 1360. The summed E-state index contributed by atoms with van der Waals surface area (Å²) in [4.78, 5) is 26.0. The van der Waals surface area contributed by atoms with Gasteiger partial charge in [0.1, 0.15) is 17.8 Å². The van der Waals surface area contributed by atoms with Crippen LogP contribution in [0.15, 0.2) is 64.7 Å². The molecule has 2 aromatic heterocycles. The molecule has 2 aromatic carbocycles. The van der Waals surface area contributed by atoms with Gasteiger partial charge in [0.2, 0.25) is 5.91 Å². The predicted molar refractivity (Wildman–Crippen MR) is 141 cm³/mol.